The maximum atomic E-state index is 12.2. The fraction of sp³-hybridized carbons (Fsp3) is 0.154. The summed E-state index contributed by atoms with van der Waals surface area (Å²) >= 11 is 3.28. The molecule has 0 bridgehead atoms. The summed E-state index contributed by atoms with van der Waals surface area (Å²) in [5.74, 6) is -1.17. The van der Waals surface area contributed by atoms with Crippen LogP contribution in [0.1, 0.15) is 10.4 Å². The molecule has 1 heterocycles. The van der Waals surface area contributed by atoms with Gasteiger partial charge >= 0.3 is 0 Å². The van der Waals surface area contributed by atoms with Crippen molar-refractivity contribution in [2.24, 2.45) is 7.05 Å². The first-order valence-electron chi connectivity index (χ1n) is 5.70. The largest absolute Gasteiger partial charge is 0.506 e. The highest BCUT2D eigenvalue weighted by Gasteiger charge is 2.20. The number of nitrogens with zero attached hydrogens (tertiary/aromatic N) is 1. The van der Waals surface area contributed by atoms with Crippen LogP contribution >= 0.6 is 15.9 Å². The average molecular weight is 339 g/mol. The lowest BCUT2D eigenvalue weighted by Crippen LogP contribution is -2.33. The smallest absolute Gasteiger partial charge is 0.267 e. The van der Waals surface area contributed by atoms with Gasteiger partial charge in [0.1, 0.15) is 17.6 Å². The van der Waals surface area contributed by atoms with Gasteiger partial charge in [0.05, 0.1) is 12.1 Å². The molecule has 0 atom stereocenters. The van der Waals surface area contributed by atoms with Crippen molar-refractivity contribution in [3.63, 3.8) is 0 Å². The van der Waals surface area contributed by atoms with E-state index in [9.17, 15) is 19.5 Å². The molecular formula is C13H11BrN2O4. The van der Waals surface area contributed by atoms with Crippen molar-refractivity contribution in [3.05, 3.63) is 38.6 Å². The Morgan fingerprint density at radius 2 is 2.20 bits per heavy atom. The van der Waals surface area contributed by atoms with Crippen LogP contribution in [0.25, 0.3) is 10.9 Å². The Hall–Kier alpha value is -2.15. The maximum Gasteiger partial charge on any atom is 0.267 e. The van der Waals surface area contributed by atoms with Crippen molar-refractivity contribution < 1.29 is 14.7 Å². The van der Waals surface area contributed by atoms with E-state index in [-0.39, 0.29) is 17.9 Å². The van der Waals surface area contributed by atoms with E-state index in [1.165, 1.54) is 11.6 Å². The van der Waals surface area contributed by atoms with E-state index in [0.717, 1.165) is 4.47 Å². The van der Waals surface area contributed by atoms with Gasteiger partial charge in [0.25, 0.3) is 11.5 Å². The molecule has 104 valence electrons. The molecule has 0 spiro atoms. The van der Waals surface area contributed by atoms with Crippen molar-refractivity contribution in [1.82, 2.24) is 9.88 Å². The molecule has 0 aliphatic carbocycles. The number of nitrogens with one attached hydrogen (secondary N) is 1. The molecule has 0 fully saturated rings. The number of aromatic nitrogens is 1. The molecule has 0 unspecified atom stereocenters. The van der Waals surface area contributed by atoms with Crippen LogP contribution in [0.4, 0.5) is 0 Å². The van der Waals surface area contributed by atoms with E-state index in [1.807, 2.05) is 0 Å². The van der Waals surface area contributed by atoms with Crippen LogP contribution < -0.4 is 10.9 Å². The van der Waals surface area contributed by atoms with Gasteiger partial charge in [0.2, 0.25) is 0 Å². The molecule has 2 aromatic rings. The predicted octanol–water partition coefficient (Wildman–Crippen LogP) is 0.935. The zero-order valence-corrected chi connectivity index (χ0v) is 12.1. The summed E-state index contributed by atoms with van der Waals surface area (Å²) in [6.45, 7) is -0.222. The van der Waals surface area contributed by atoms with Crippen LogP contribution in [0.5, 0.6) is 5.75 Å². The van der Waals surface area contributed by atoms with Crippen LogP contribution in [-0.2, 0) is 11.8 Å². The number of halogens is 1. The lowest BCUT2D eigenvalue weighted by atomic mass is 10.1. The molecule has 1 aromatic heterocycles. The predicted molar refractivity (Wildman–Crippen MR) is 77.0 cm³/mol. The average Bonchev–Trinajstić information content (AvgIpc) is 2.42. The van der Waals surface area contributed by atoms with Crippen molar-refractivity contribution in [2.45, 2.75) is 0 Å². The first-order valence-corrected chi connectivity index (χ1v) is 6.49. The van der Waals surface area contributed by atoms with Crippen LogP contribution in [0.3, 0.4) is 0 Å². The van der Waals surface area contributed by atoms with Crippen LogP contribution in [0, 0.1) is 0 Å². The summed E-state index contributed by atoms with van der Waals surface area (Å²) in [4.78, 5) is 34.3. The van der Waals surface area contributed by atoms with E-state index in [4.69, 9.17) is 0 Å². The maximum absolute atomic E-state index is 12.2. The van der Waals surface area contributed by atoms with E-state index < -0.39 is 11.5 Å². The highest BCUT2D eigenvalue weighted by Crippen LogP contribution is 2.28. The fourth-order valence-electron chi connectivity index (χ4n) is 1.92. The number of amides is 1. The molecule has 0 saturated carbocycles. The number of carbonyl (C=O) groups is 2. The Kier molecular flexibility index (Phi) is 3.89. The van der Waals surface area contributed by atoms with Crippen molar-refractivity contribution >= 4 is 39.0 Å². The second-order valence-electron chi connectivity index (χ2n) is 4.13. The number of aldehydes is 1. The Morgan fingerprint density at radius 3 is 2.85 bits per heavy atom. The van der Waals surface area contributed by atoms with Gasteiger partial charge < -0.3 is 19.8 Å². The number of hydrogen-bond donors (Lipinski definition) is 2. The van der Waals surface area contributed by atoms with Gasteiger partial charge in [-0.05, 0) is 18.2 Å². The lowest BCUT2D eigenvalue weighted by molar-refractivity contribution is -0.107. The van der Waals surface area contributed by atoms with E-state index in [0.29, 0.717) is 17.2 Å². The third-order valence-electron chi connectivity index (χ3n) is 2.90. The number of rotatable bonds is 3. The number of benzene rings is 1. The number of pyridine rings is 1. The van der Waals surface area contributed by atoms with Crippen LogP contribution in [0.2, 0.25) is 0 Å². The summed E-state index contributed by atoms with van der Waals surface area (Å²) in [7, 11) is 1.51. The zero-order chi connectivity index (χ0) is 14.9. The van der Waals surface area contributed by atoms with Gasteiger partial charge in [0, 0.05) is 16.9 Å². The molecule has 20 heavy (non-hydrogen) atoms. The molecule has 7 heteroatoms. The molecular weight excluding hydrogens is 328 g/mol. The standard InChI is InChI=1S/C13H11BrN2O4/c1-16-9-6-7(14)2-3-8(9)11(18)10(13(16)20)12(19)15-4-5-17/h2-3,5-6,18H,4H2,1H3,(H,15,19). The number of hydrogen-bond acceptors (Lipinski definition) is 4. The van der Waals surface area contributed by atoms with Crippen molar-refractivity contribution in [3.8, 4) is 5.75 Å². The van der Waals surface area contributed by atoms with Crippen molar-refractivity contribution in [1.29, 1.82) is 0 Å². The molecule has 2 N–H and O–H groups in total. The number of carbonyl (C=O) groups excluding carboxylic acids is 2. The van der Waals surface area contributed by atoms with Gasteiger partial charge in [-0.1, -0.05) is 15.9 Å². The second-order valence-corrected chi connectivity index (χ2v) is 5.04. The minimum absolute atomic E-state index is 0.222. The number of aromatic hydroxyl groups is 1. The Balaban J connectivity index is 2.74. The summed E-state index contributed by atoms with van der Waals surface area (Å²) in [6, 6.07) is 4.97. The Bertz CT molecular complexity index is 767. The third-order valence-corrected chi connectivity index (χ3v) is 3.40. The summed E-state index contributed by atoms with van der Waals surface area (Å²) < 4.78 is 2.02. The van der Waals surface area contributed by atoms with E-state index in [2.05, 4.69) is 21.2 Å². The first kappa shape index (κ1) is 14.3. The molecule has 0 radical (unpaired) electrons. The second kappa shape index (κ2) is 5.46. The SMILES string of the molecule is Cn1c(=O)c(C(=O)NCC=O)c(O)c2ccc(Br)cc21. The normalized spacial score (nSPS) is 10.5. The Labute approximate surface area is 122 Å². The minimum Gasteiger partial charge on any atom is -0.506 e. The lowest BCUT2D eigenvalue weighted by Gasteiger charge is -2.11. The zero-order valence-electron chi connectivity index (χ0n) is 10.5. The van der Waals surface area contributed by atoms with Gasteiger partial charge in [-0.25, -0.2) is 0 Å². The number of aryl methyl sites for hydroxylation is 1. The number of fused-ring (bicyclic) bond motifs is 1. The van der Waals surface area contributed by atoms with E-state index >= 15 is 0 Å². The molecule has 0 saturated heterocycles. The third kappa shape index (κ3) is 2.32. The van der Waals surface area contributed by atoms with Crippen LogP contribution in [0.15, 0.2) is 27.5 Å². The van der Waals surface area contributed by atoms with E-state index in [1.54, 1.807) is 18.2 Å². The monoisotopic (exact) mass is 338 g/mol. The van der Waals surface area contributed by atoms with Gasteiger partial charge in [0.15, 0.2) is 0 Å². The topological polar surface area (TPSA) is 88.4 Å². The van der Waals surface area contributed by atoms with Crippen molar-refractivity contribution in [2.75, 3.05) is 6.54 Å². The quantitative estimate of drug-likeness (QED) is 0.815. The molecule has 0 aliphatic rings. The van der Waals surface area contributed by atoms with Gasteiger partial charge in [-0.15, -0.1) is 0 Å². The fourth-order valence-corrected chi connectivity index (χ4v) is 2.27. The van der Waals surface area contributed by atoms with Gasteiger partial charge in [-0.2, -0.15) is 0 Å². The molecule has 6 nitrogen and oxygen atoms in total. The highest BCUT2D eigenvalue weighted by molar-refractivity contribution is 9.10. The molecule has 1 amide bonds. The molecule has 0 aliphatic heterocycles. The molecule has 1 aromatic carbocycles. The minimum atomic E-state index is -0.778. The molecule has 2 rings (SSSR count). The Morgan fingerprint density at radius 1 is 1.50 bits per heavy atom. The summed E-state index contributed by atoms with van der Waals surface area (Å²) in [5, 5.41) is 12.8. The highest BCUT2D eigenvalue weighted by atomic mass is 79.9. The summed E-state index contributed by atoms with van der Waals surface area (Å²) in [5.41, 5.74) is -0.505. The summed E-state index contributed by atoms with van der Waals surface area (Å²) in [6.07, 6.45) is 0.498. The van der Waals surface area contributed by atoms with Crippen LogP contribution in [-0.4, -0.2) is 28.4 Å². The van der Waals surface area contributed by atoms with Gasteiger partial charge in [-0.3, -0.25) is 9.59 Å². The first-order chi connectivity index (χ1) is 9.47.